The Kier molecular flexibility index (Phi) is 9.84. The van der Waals surface area contributed by atoms with Gasteiger partial charge in [0.15, 0.2) is 11.5 Å². The molecular formula is C36H36ClFN8O5. The van der Waals surface area contributed by atoms with E-state index in [-0.39, 0.29) is 54.6 Å². The van der Waals surface area contributed by atoms with E-state index in [4.69, 9.17) is 21.6 Å². The number of nitrogens with zero attached hydrogens (tertiary/aromatic N) is 6. The molecule has 1 aromatic heterocycles. The molecule has 1 saturated carbocycles. The summed E-state index contributed by atoms with van der Waals surface area (Å²) < 4.78 is 21.2. The third-order valence-corrected chi connectivity index (χ3v) is 10.3. The first kappa shape index (κ1) is 34.3. The number of piperazine rings is 1. The van der Waals surface area contributed by atoms with Crippen LogP contribution in [0.5, 0.6) is 5.75 Å². The Bertz CT molecular complexity index is 1900. The number of piperidine rings is 1. The summed E-state index contributed by atoms with van der Waals surface area (Å²) in [7, 11) is 0. The minimum Gasteiger partial charge on any atom is -0.490 e. The third-order valence-electron chi connectivity index (χ3n) is 10.0. The zero-order valence-electron chi connectivity index (χ0n) is 27.7. The van der Waals surface area contributed by atoms with Crippen LogP contribution in [-0.2, 0) is 22.7 Å². The van der Waals surface area contributed by atoms with Crippen LogP contribution in [0.25, 0.3) is 0 Å². The molecule has 0 spiro atoms. The minimum atomic E-state index is -0.747. The SMILES string of the molecule is N#Cc1ccc(OC2CCC(NC(=O)c3ccc(N4CCN(Cc5cc6c(cc5F)C(=O)N(C5CCC(=O)NC5=O)C6)CC4)nn3)CC2)cc1Cl. The Morgan fingerprint density at radius 3 is 2.49 bits per heavy atom. The van der Waals surface area contributed by atoms with E-state index >= 15 is 4.39 Å². The lowest BCUT2D eigenvalue weighted by Gasteiger charge is -2.35. The lowest BCUT2D eigenvalue weighted by atomic mass is 9.93. The highest BCUT2D eigenvalue weighted by atomic mass is 35.5. The van der Waals surface area contributed by atoms with E-state index in [2.05, 4.69) is 30.6 Å². The Hall–Kier alpha value is -5.13. The normalized spacial score (nSPS) is 22.3. The summed E-state index contributed by atoms with van der Waals surface area (Å²) in [6, 6.07) is 12.8. The molecule has 7 rings (SSSR count). The first-order valence-corrected chi connectivity index (χ1v) is 17.5. The monoisotopic (exact) mass is 714 g/mol. The standard InChI is InChI=1S/C36H36ClFN8O5/c37-28-16-26(4-1-21(28)18-39)51-25-5-2-24(3-6-25)40-34(48)30-7-9-32(43-42-30)45-13-11-44(12-14-45)19-23-15-22-20-46(36(50)27(22)17-29(23)38)31-8-10-33(47)41-35(31)49/h1,4,7,9,15-17,24-25,31H,2-3,5-6,8,10-14,19-20H2,(H,40,48)(H,41,47,49). The first-order chi connectivity index (χ1) is 24.6. The first-order valence-electron chi connectivity index (χ1n) is 17.1. The molecular weight excluding hydrogens is 679 g/mol. The van der Waals surface area contributed by atoms with Crippen LogP contribution >= 0.6 is 11.6 Å². The van der Waals surface area contributed by atoms with E-state index in [1.807, 2.05) is 6.07 Å². The van der Waals surface area contributed by atoms with Crippen molar-refractivity contribution in [3.05, 3.63) is 81.3 Å². The topological polar surface area (TPSA) is 161 Å². The van der Waals surface area contributed by atoms with Crippen molar-refractivity contribution >= 4 is 41.0 Å². The Labute approximate surface area is 298 Å². The number of imide groups is 1. The summed E-state index contributed by atoms with van der Waals surface area (Å²) in [6.07, 6.45) is 3.45. The number of hydrogen-bond acceptors (Lipinski definition) is 10. The zero-order chi connectivity index (χ0) is 35.6. The molecule has 15 heteroatoms. The fraction of sp³-hybridized carbons (Fsp3) is 0.417. The number of nitriles is 1. The molecule has 3 aliphatic heterocycles. The molecule has 2 aromatic carbocycles. The Morgan fingerprint density at radius 2 is 1.80 bits per heavy atom. The van der Waals surface area contributed by atoms with Gasteiger partial charge < -0.3 is 19.9 Å². The third kappa shape index (κ3) is 7.50. The van der Waals surface area contributed by atoms with Crippen molar-refractivity contribution in [2.24, 2.45) is 0 Å². The highest BCUT2D eigenvalue weighted by molar-refractivity contribution is 6.31. The zero-order valence-corrected chi connectivity index (χ0v) is 28.5. The lowest BCUT2D eigenvalue weighted by molar-refractivity contribution is -0.136. The number of rotatable bonds is 8. The highest BCUT2D eigenvalue weighted by Gasteiger charge is 2.39. The molecule has 3 aromatic rings. The van der Waals surface area contributed by atoms with Crippen molar-refractivity contribution in [2.45, 2.75) is 69.8 Å². The molecule has 3 fully saturated rings. The molecule has 264 valence electrons. The fourth-order valence-corrected chi connectivity index (χ4v) is 7.40. The predicted molar refractivity (Wildman–Crippen MR) is 182 cm³/mol. The molecule has 4 aliphatic rings. The average Bonchev–Trinajstić information content (AvgIpc) is 3.43. The number of carbonyl (C=O) groups excluding carboxylic acids is 4. The van der Waals surface area contributed by atoms with Crippen LogP contribution in [0.3, 0.4) is 0 Å². The molecule has 1 aliphatic carbocycles. The van der Waals surface area contributed by atoms with Gasteiger partial charge in [0.2, 0.25) is 11.8 Å². The van der Waals surface area contributed by atoms with Gasteiger partial charge in [0.25, 0.3) is 11.8 Å². The number of carbonyl (C=O) groups is 4. The largest absolute Gasteiger partial charge is 0.490 e. The van der Waals surface area contributed by atoms with Crippen LogP contribution in [0.15, 0.2) is 42.5 Å². The smallest absolute Gasteiger partial charge is 0.272 e. The summed E-state index contributed by atoms with van der Waals surface area (Å²) in [5, 5.41) is 23.3. The van der Waals surface area contributed by atoms with Gasteiger partial charge in [0.05, 0.1) is 16.7 Å². The van der Waals surface area contributed by atoms with Gasteiger partial charge in [-0.25, -0.2) is 4.39 Å². The molecule has 51 heavy (non-hydrogen) atoms. The van der Waals surface area contributed by atoms with Crippen molar-refractivity contribution in [3.63, 3.8) is 0 Å². The summed E-state index contributed by atoms with van der Waals surface area (Å²) in [5.41, 5.74) is 2.05. The van der Waals surface area contributed by atoms with Crippen LogP contribution in [0.4, 0.5) is 10.2 Å². The van der Waals surface area contributed by atoms with Gasteiger partial charge in [-0.3, -0.25) is 29.4 Å². The number of anilines is 1. The van der Waals surface area contributed by atoms with Gasteiger partial charge in [-0.2, -0.15) is 5.26 Å². The maximum Gasteiger partial charge on any atom is 0.272 e. The summed E-state index contributed by atoms with van der Waals surface area (Å²) in [4.78, 5) is 55.5. The van der Waals surface area contributed by atoms with E-state index < -0.39 is 23.7 Å². The quantitative estimate of drug-likeness (QED) is 0.331. The average molecular weight is 715 g/mol. The van der Waals surface area contributed by atoms with Crippen LogP contribution in [0, 0.1) is 17.1 Å². The van der Waals surface area contributed by atoms with Gasteiger partial charge >= 0.3 is 0 Å². The molecule has 4 heterocycles. The minimum absolute atomic E-state index is 0.00220. The molecule has 0 radical (unpaired) electrons. The fourth-order valence-electron chi connectivity index (χ4n) is 7.19. The number of fused-ring (bicyclic) bond motifs is 1. The van der Waals surface area contributed by atoms with Crippen molar-refractivity contribution in [1.29, 1.82) is 5.26 Å². The molecule has 2 N–H and O–H groups in total. The van der Waals surface area contributed by atoms with Crippen molar-refractivity contribution in [1.82, 2.24) is 30.6 Å². The number of ether oxygens (including phenoxy) is 1. The molecule has 1 unspecified atom stereocenters. The lowest BCUT2D eigenvalue weighted by Crippen LogP contribution is -2.52. The summed E-state index contributed by atoms with van der Waals surface area (Å²) >= 11 is 6.12. The van der Waals surface area contributed by atoms with Gasteiger partial charge in [-0.15, -0.1) is 10.2 Å². The van der Waals surface area contributed by atoms with Crippen molar-refractivity contribution < 1.29 is 28.3 Å². The second kappa shape index (κ2) is 14.6. The predicted octanol–water partition coefficient (Wildman–Crippen LogP) is 3.34. The van der Waals surface area contributed by atoms with E-state index in [0.717, 1.165) is 25.7 Å². The van der Waals surface area contributed by atoms with Gasteiger partial charge in [-0.1, -0.05) is 11.6 Å². The second-order valence-corrected chi connectivity index (χ2v) is 13.8. The second-order valence-electron chi connectivity index (χ2n) is 13.4. The molecule has 0 bridgehead atoms. The number of nitrogens with one attached hydrogen (secondary N) is 2. The Morgan fingerprint density at radius 1 is 1.02 bits per heavy atom. The van der Waals surface area contributed by atoms with Crippen LogP contribution in [0.2, 0.25) is 5.02 Å². The number of hydrogen-bond donors (Lipinski definition) is 2. The van der Waals surface area contributed by atoms with E-state index in [0.29, 0.717) is 66.0 Å². The van der Waals surface area contributed by atoms with Gasteiger partial charge in [0, 0.05) is 68.9 Å². The number of aromatic nitrogens is 2. The van der Waals surface area contributed by atoms with E-state index in [1.165, 1.54) is 11.0 Å². The molecule has 4 amide bonds. The Balaban J connectivity index is 0.868. The molecule has 1 atom stereocenters. The highest BCUT2D eigenvalue weighted by Crippen LogP contribution is 2.31. The van der Waals surface area contributed by atoms with E-state index in [9.17, 15) is 19.2 Å². The van der Waals surface area contributed by atoms with Crippen LogP contribution < -0.4 is 20.3 Å². The summed E-state index contributed by atoms with van der Waals surface area (Å²) in [6.45, 7) is 3.12. The number of halogens is 2. The van der Waals surface area contributed by atoms with Crippen molar-refractivity contribution in [2.75, 3.05) is 31.1 Å². The number of amides is 4. The van der Waals surface area contributed by atoms with Gasteiger partial charge in [-0.05, 0) is 74.1 Å². The maximum atomic E-state index is 15.2. The van der Waals surface area contributed by atoms with E-state index in [1.54, 1.807) is 36.4 Å². The van der Waals surface area contributed by atoms with Crippen LogP contribution in [-0.4, -0.2) is 88.0 Å². The maximum absolute atomic E-state index is 15.2. The number of benzene rings is 2. The van der Waals surface area contributed by atoms with Gasteiger partial charge in [0.1, 0.15) is 23.7 Å². The molecule has 13 nitrogen and oxygen atoms in total. The summed E-state index contributed by atoms with van der Waals surface area (Å²) in [5.74, 6) is -0.720. The molecule has 2 saturated heterocycles. The van der Waals surface area contributed by atoms with Crippen molar-refractivity contribution in [3.8, 4) is 11.8 Å². The van der Waals surface area contributed by atoms with Crippen LogP contribution in [0.1, 0.15) is 76.1 Å².